The molecule has 96 valence electrons. The van der Waals surface area contributed by atoms with Gasteiger partial charge in [0.05, 0.1) is 5.75 Å². The first kappa shape index (κ1) is 13.8. The van der Waals surface area contributed by atoms with Crippen LogP contribution < -0.4 is 11.3 Å². The summed E-state index contributed by atoms with van der Waals surface area (Å²) in [6.45, 7) is 2.22. The highest BCUT2D eigenvalue weighted by molar-refractivity contribution is 7.91. The lowest BCUT2D eigenvalue weighted by molar-refractivity contribution is 0.583. The highest BCUT2D eigenvalue weighted by atomic mass is 32.2. The van der Waals surface area contributed by atoms with Gasteiger partial charge in [0.15, 0.2) is 0 Å². The van der Waals surface area contributed by atoms with Crippen LogP contribution in [0.5, 0.6) is 0 Å². The third kappa shape index (κ3) is 4.60. The molecule has 0 unspecified atom stereocenters. The fraction of sp³-hybridized carbons (Fsp3) is 0.545. The molecule has 1 heterocycles. The van der Waals surface area contributed by atoms with E-state index in [-0.39, 0.29) is 17.1 Å². The van der Waals surface area contributed by atoms with E-state index < -0.39 is 9.84 Å². The molecular weight excluding hydrogens is 240 g/mol. The molecule has 17 heavy (non-hydrogen) atoms. The Labute approximate surface area is 101 Å². The third-order valence-electron chi connectivity index (χ3n) is 2.38. The molecule has 0 aliphatic rings. The number of nitrogen functional groups attached to an aromatic ring is 1. The number of rotatable bonds is 6. The summed E-state index contributed by atoms with van der Waals surface area (Å²) in [6, 6.07) is 2.92. The topological polar surface area (TPSA) is 82.2 Å². The molecule has 1 aromatic rings. The van der Waals surface area contributed by atoms with E-state index in [4.69, 9.17) is 5.73 Å². The van der Waals surface area contributed by atoms with Crippen molar-refractivity contribution in [1.29, 1.82) is 0 Å². The summed E-state index contributed by atoms with van der Waals surface area (Å²) in [5, 5.41) is 0. The van der Waals surface area contributed by atoms with Crippen LogP contribution >= 0.6 is 0 Å². The molecule has 1 rings (SSSR count). The zero-order valence-corrected chi connectivity index (χ0v) is 10.7. The largest absolute Gasteiger partial charge is 0.398 e. The second-order valence-corrected chi connectivity index (χ2v) is 6.30. The molecule has 0 aliphatic heterocycles. The number of anilines is 1. The summed E-state index contributed by atoms with van der Waals surface area (Å²) in [6.07, 6.45) is 2.60. The molecule has 0 saturated heterocycles. The maximum atomic E-state index is 11.5. The highest BCUT2D eigenvalue weighted by Crippen LogP contribution is 2.00. The summed E-state index contributed by atoms with van der Waals surface area (Å²) in [4.78, 5) is 11.4. The minimum Gasteiger partial charge on any atom is -0.398 e. The van der Waals surface area contributed by atoms with E-state index in [2.05, 4.69) is 0 Å². The van der Waals surface area contributed by atoms with Crippen LogP contribution in [0.1, 0.15) is 19.8 Å². The normalized spacial score (nSPS) is 11.6. The molecule has 0 bridgehead atoms. The van der Waals surface area contributed by atoms with Gasteiger partial charge in [-0.15, -0.1) is 0 Å². The molecule has 0 atom stereocenters. The average molecular weight is 258 g/mol. The molecular formula is C11H18N2O3S. The first-order valence-corrected chi connectivity index (χ1v) is 7.43. The smallest absolute Gasteiger partial charge is 0.250 e. The Morgan fingerprint density at radius 3 is 2.65 bits per heavy atom. The lowest BCUT2D eigenvalue weighted by Crippen LogP contribution is -2.21. The monoisotopic (exact) mass is 258 g/mol. The molecule has 6 heteroatoms. The number of hydrogen-bond donors (Lipinski definition) is 1. The number of sulfone groups is 1. The van der Waals surface area contributed by atoms with E-state index in [1.807, 2.05) is 6.92 Å². The van der Waals surface area contributed by atoms with Gasteiger partial charge in [-0.2, -0.15) is 0 Å². The minimum absolute atomic E-state index is 0.113. The molecule has 0 spiro atoms. The van der Waals surface area contributed by atoms with Crippen LogP contribution in [-0.4, -0.2) is 24.5 Å². The molecule has 0 aromatic carbocycles. The number of aryl methyl sites for hydroxylation is 1. The van der Waals surface area contributed by atoms with Gasteiger partial charge in [0, 0.05) is 30.2 Å². The fourth-order valence-corrected chi connectivity index (χ4v) is 2.99. The molecule has 0 aliphatic carbocycles. The second-order valence-electron chi connectivity index (χ2n) is 4.00. The number of pyridine rings is 1. The van der Waals surface area contributed by atoms with Crippen LogP contribution in [0.3, 0.4) is 0 Å². The molecule has 0 amide bonds. The van der Waals surface area contributed by atoms with Crippen molar-refractivity contribution < 1.29 is 8.42 Å². The van der Waals surface area contributed by atoms with Crippen molar-refractivity contribution in [2.45, 2.75) is 26.3 Å². The van der Waals surface area contributed by atoms with E-state index >= 15 is 0 Å². The number of nitrogens with zero attached hydrogens (tertiary/aromatic N) is 1. The number of nitrogens with two attached hydrogens (primary N) is 1. The summed E-state index contributed by atoms with van der Waals surface area (Å²) in [5.41, 5.74) is 5.90. The second kappa shape index (κ2) is 5.86. The van der Waals surface area contributed by atoms with E-state index in [0.29, 0.717) is 25.1 Å². The standard InChI is InChI=1S/C11H18N2O3S/c1-2-7-17(15,16)8-3-6-13-9-10(12)4-5-11(13)14/h4-5,9H,2-3,6-8,12H2,1H3. The predicted molar refractivity (Wildman–Crippen MR) is 68.7 cm³/mol. The van der Waals surface area contributed by atoms with Gasteiger partial charge in [-0.05, 0) is 18.9 Å². The van der Waals surface area contributed by atoms with E-state index in [1.54, 1.807) is 0 Å². The Kier molecular flexibility index (Phi) is 4.74. The lowest BCUT2D eigenvalue weighted by Gasteiger charge is -2.06. The van der Waals surface area contributed by atoms with Crippen molar-refractivity contribution in [3.63, 3.8) is 0 Å². The van der Waals surface area contributed by atoms with Crippen molar-refractivity contribution in [3.05, 3.63) is 28.7 Å². The van der Waals surface area contributed by atoms with Crippen LogP contribution in [0.25, 0.3) is 0 Å². The lowest BCUT2D eigenvalue weighted by atomic mass is 10.4. The van der Waals surface area contributed by atoms with Crippen molar-refractivity contribution in [2.24, 2.45) is 0 Å². The van der Waals surface area contributed by atoms with Gasteiger partial charge < -0.3 is 10.3 Å². The van der Waals surface area contributed by atoms with Crippen LogP contribution in [0, 0.1) is 0 Å². The van der Waals surface area contributed by atoms with Crippen LogP contribution in [-0.2, 0) is 16.4 Å². The van der Waals surface area contributed by atoms with Gasteiger partial charge in [-0.3, -0.25) is 4.79 Å². The fourth-order valence-electron chi connectivity index (χ4n) is 1.59. The number of hydrogen-bond acceptors (Lipinski definition) is 4. The van der Waals surface area contributed by atoms with Crippen molar-refractivity contribution in [2.75, 3.05) is 17.2 Å². The summed E-state index contributed by atoms with van der Waals surface area (Å²) in [7, 11) is -2.97. The van der Waals surface area contributed by atoms with Crippen molar-refractivity contribution in [3.8, 4) is 0 Å². The van der Waals surface area contributed by atoms with Gasteiger partial charge in [0.2, 0.25) is 0 Å². The van der Waals surface area contributed by atoms with E-state index in [1.165, 1.54) is 22.9 Å². The molecule has 0 saturated carbocycles. The number of aromatic nitrogens is 1. The van der Waals surface area contributed by atoms with Gasteiger partial charge >= 0.3 is 0 Å². The van der Waals surface area contributed by atoms with Gasteiger partial charge in [-0.1, -0.05) is 6.92 Å². The van der Waals surface area contributed by atoms with Gasteiger partial charge in [0.25, 0.3) is 5.56 Å². The first-order valence-electron chi connectivity index (χ1n) is 5.61. The SMILES string of the molecule is CCCS(=O)(=O)CCCn1cc(N)ccc1=O. The summed E-state index contributed by atoms with van der Waals surface area (Å²) in [5.74, 6) is 0.320. The Bertz CT molecular complexity index is 520. The summed E-state index contributed by atoms with van der Waals surface area (Å²) < 4.78 is 24.4. The maximum absolute atomic E-state index is 11.5. The Balaban J connectivity index is 2.57. The summed E-state index contributed by atoms with van der Waals surface area (Å²) >= 11 is 0. The quantitative estimate of drug-likeness (QED) is 0.812. The van der Waals surface area contributed by atoms with Crippen LogP contribution in [0.4, 0.5) is 5.69 Å². The van der Waals surface area contributed by atoms with E-state index in [9.17, 15) is 13.2 Å². The minimum atomic E-state index is -2.97. The Hall–Kier alpha value is -1.30. The van der Waals surface area contributed by atoms with Gasteiger partial charge in [0.1, 0.15) is 9.84 Å². The van der Waals surface area contributed by atoms with E-state index in [0.717, 1.165) is 0 Å². The maximum Gasteiger partial charge on any atom is 0.250 e. The van der Waals surface area contributed by atoms with Crippen LogP contribution in [0.2, 0.25) is 0 Å². The first-order chi connectivity index (χ1) is 7.94. The Morgan fingerprint density at radius 1 is 1.29 bits per heavy atom. The highest BCUT2D eigenvalue weighted by Gasteiger charge is 2.08. The molecule has 0 fully saturated rings. The van der Waals surface area contributed by atoms with Crippen molar-refractivity contribution >= 4 is 15.5 Å². The zero-order valence-electron chi connectivity index (χ0n) is 9.93. The third-order valence-corrected chi connectivity index (χ3v) is 4.32. The predicted octanol–water partition coefficient (Wildman–Crippen LogP) is 0.645. The molecule has 1 aromatic heterocycles. The van der Waals surface area contributed by atoms with Gasteiger partial charge in [-0.25, -0.2) is 8.42 Å². The van der Waals surface area contributed by atoms with Crippen LogP contribution in [0.15, 0.2) is 23.1 Å². The van der Waals surface area contributed by atoms with Crippen molar-refractivity contribution in [1.82, 2.24) is 4.57 Å². The molecule has 2 N–H and O–H groups in total. The average Bonchev–Trinajstić information content (AvgIpc) is 2.23. The zero-order chi connectivity index (χ0) is 12.9. The Morgan fingerprint density at radius 2 is 2.00 bits per heavy atom. The molecule has 5 nitrogen and oxygen atoms in total. The molecule has 0 radical (unpaired) electrons.